The zero-order chi connectivity index (χ0) is 10.9. The quantitative estimate of drug-likeness (QED) is 0.838. The Morgan fingerprint density at radius 2 is 2.00 bits per heavy atom. The molecule has 0 aliphatic heterocycles. The Hall–Kier alpha value is -1.23. The van der Waals surface area contributed by atoms with Crippen LogP contribution in [0, 0.1) is 5.82 Å². The largest absolute Gasteiger partial charge is 0.478 e. The maximum Gasteiger partial charge on any atom is 0.336 e. The average Bonchev–Trinajstić information content (AvgIpc) is 2.08. The number of carbonyl (C=O) groups is 1. The summed E-state index contributed by atoms with van der Waals surface area (Å²) in [5.74, 6) is -3.00. The summed E-state index contributed by atoms with van der Waals surface area (Å²) in [7, 11) is 0. The van der Waals surface area contributed by atoms with Gasteiger partial charge >= 0.3 is 5.97 Å². The molecule has 0 aromatic heterocycles. The lowest BCUT2D eigenvalue weighted by atomic mass is 10.1. The molecule has 0 fully saturated rings. The Labute approximate surface area is 81.9 Å². The first-order chi connectivity index (χ1) is 6.45. The number of hydrogen-bond acceptors (Lipinski definition) is 1. The topological polar surface area (TPSA) is 37.3 Å². The molecule has 0 aliphatic carbocycles. The number of rotatable bonds is 2. The van der Waals surface area contributed by atoms with Crippen LogP contribution < -0.4 is 0 Å². The number of benzene rings is 1. The van der Waals surface area contributed by atoms with Gasteiger partial charge in [0, 0.05) is 0 Å². The molecular weight excluding hydrogens is 221 g/mol. The predicted octanol–water partition coefficient (Wildman–Crippen LogP) is 3.11. The zero-order valence-corrected chi connectivity index (χ0v) is 7.36. The van der Waals surface area contributed by atoms with Gasteiger partial charge in [0.25, 0.3) is 6.43 Å². The molecule has 14 heavy (non-hydrogen) atoms. The highest BCUT2D eigenvalue weighted by Crippen LogP contribution is 2.30. The number of carboxylic acid groups (broad SMARTS) is 1. The van der Waals surface area contributed by atoms with Crippen LogP contribution >= 0.6 is 11.6 Å². The van der Waals surface area contributed by atoms with Crippen molar-refractivity contribution in [2.75, 3.05) is 0 Å². The van der Waals surface area contributed by atoms with Gasteiger partial charge in [-0.05, 0) is 12.1 Å². The van der Waals surface area contributed by atoms with Crippen molar-refractivity contribution in [3.63, 3.8) is 0 Å². The second-order valence-corrected chi connectivity index (χ2v) is 2.84. The maximum absolute atomic E-state index is 13.0. The lowest BCUT2D eigenvalue weighted by Crippen LogP contribution is -2.05. The van der Waals surface area contributed by atoms with Crippen LogP contribution in [0.4, 0.5) is 13.2 Å². The van der Waals surface area contributed by atoms with Gasteiger partial charge in [-0.25, -0.2) is 18.0 Å². The first-order valence-corrected chi connectivity index (χ1v) is 3.82. The lowest BCUT2D eigenvalue weighted by Gasteiger charge is -2.06. The Morgan fingerprint density at radius 3 is 2.43 bits per heavy atom. The van der Waals surface area contributed by atoms with Gasteiger partial charge in [0.15, 0.2) is 5.82 Å². The predicted molar refractivity (Wildman–Crippen MR) is 43.3 cm³/mol. The van der Waals surface area contributed by atoms with E-state index in [0.29, 0.717) is 0 Å². The highest BCUT2D eigenvalue weighted by atomic mass is 35.5. The van der Waals surface area contributed by atoms with Crippen LogP contribution in [0.1, 0.15) is 22.3 Å². The molecule has 0 bridgehead atoms. The molecule has 1 N–H and O–H groups in total. The van der Waals surface area contributed by atoms with E-state index in [1.807, 2.05) is 0 Å². The molecule has 2 nitrogen and oxygen atoms in total. The maximum atomic E-state index is 13.0. The fourth-order valence-corrected chi connectivity index (χ4v) is 1.13. The molecule has 0 aliphatic rings. The van der Waals surface area contributed by atoms with Gasteiger partial charge in [0.05, 0.1) is 16.1 Å². The van der Waals surface area contributed by atoms with Crippen molar-refractivity contribution in [2.45, 2.75) is 6.43 Å². The van der Waals surface area contributed by atoms with Gasteiger partial charge in [-0.15, -0.1) is 0 Å². The van der Waals surface area contributed by atoms with Crippen LogP contribution in [-0.2, 0) is 0 Å². The van der Waals surface area contributed by atoms with Crippen LogP contribution in [0.5, 0.6) is 0 Å². The molecule has 0 unspecified atom stereocenters. The molecule has 6 heteroatoms. The van der Waals surface area contributed by atoms with Gasteiger partial charge < -0.3 is 5.11 Å². The van der Waals surface area contributed by atoms with E-state index in [0.717, 1.165) is 12.1 Å². The van der Waals surface area contributed by atoms with Crippen molar-refractivity contribution in [3.05, 3.63) is 34.1 Å². The van der Waals surface area contributed by atoms with Crippen molar-refractivity contribution >= 4 is 17.6 Å². The molecule has 0 heterocycles. The first kappa shape index (κ1) is 10.8. The third-order valence-corrected chi connectivity index (χ3v) is 1.87. The molecular formula is C8H4ClF3O2. The molecule has 0 radical (unpaired) electrons. The minimum atomic E-state index is -3.21. The van der Waals surface area contributed by atoms with Crippen molar-refractivity contribution in [1.29, 1.82) is 0 Å². The first-order valence-electron chi connectivity index (χ1n) is 3.44. The standard InChI is InChI=1S/C8H4ClF3O2/c9-4-2-1-3(8(13)14)5(6(4)10)7(11)12/h1-2,7H,(H,13,14). The number of alkyl halides is 2. The molecule has 1 aromatic carbocycles. The highest BCUT2D eigenvalue weighted by molar-refractivity contribution is 6.30. The van der Waals surface area contributed by atoms with Crippen LogP contribution in [-0.4, -0.2) is 11.1 Å². The third-order valence-electron chi connectivity index (χ3n) is 1.58. The van der Waals surface area contributed by atoms with E-state index < -0.39 is 34.4 Å². The van der Waals surface area contributed by atoms with E-state index in [1.54, 1.807) is 0 Å². The van der Waals surface area contributed by atoms with Crippen molar-refractivity contribution in [3.8, 4) is 0 Å². The van der Waals surface area contributed by atoms with Crippen LogP contribution in [0.25, 0.3) is 0 Å². The van der Waals surface area contributed by atoms with E-state index in [2.05, 4.69) is 0 Å². The smallest absolute Gasteiger partial charge is 0.336 e. The van der Waals surface area contributed by atoms with Gasteiger partial charge in [0.1, 0.15) is 0 Å². The number of carboxylic acids is 1. The molecule has 0 amide bonds. The normalized spacial score (nSPS) is 10.6. The summed E-state index contributed by atoms with van der Waals surface area (Å²) in [6.45, 7) is 0. The average molecular weight is 225 g/mol. The second-order valence-electron chi connectivity index (χ2n) is 2.43. The second kappa shape index (κ2) is 3.88. The Balaban J connectivity index is 3.45. The van der Waals surface area contributed by atoms with Crippen molar-refractivity contribution in [1.82, 2.24) is 0 Å². The Kier molecular flexibility index (Phi) is 3.00. The van der Waals surface area contributed by atoms with E-state index in [1.165, 1.54) is 0 Å². The van der Waals surface area contributed by atoms with Crippen LogP contribution in [0.2, 0.25) is 5.02 Å². The minimum Gasteiger partial charge on any atom is -0.478 e. The van der Waals surface area contributed by atoms with E-state index in [9.17, 15) is 18.0 Å². The molecule has 1 aromatic rings. The monoisotopic (exact) mass is 224 g/mol. The summed E-state index contributed by atoms with van der Waals surface area (Å²) in [5.41, 5.74) is -1.95. The van der Waals surface area contributed by atoms with Gasteiger partial charge in [0.2, 0.25) is 0 Å². The molecule has 0 atom stereocenters. The third kappa shape index (κ3) is 1.82. The summed E-state index contributed by atoms with van der Waals surface area (Å²) in [6.07, 6.45) is -3.21. The fraction of sp³-hybridized carbons (Fsp3) is 0.125. The van der Waals surface area contributed by atoms with E-state index in [-0.39, 0.29) is 0 Å². The highest BCUT2D eigenvalue weighted by Gasteiger charge is 2.24. The number of halogens is 4. The molecule has 0 saturated heterocycles. The summed E-state index contributed by atoms with van der Waals surface area (Å²) in [4.78, 5) is 10.4. The van der Waals surface area contributed by atoms with Crippen molar-refractivity contribution in [2.24, 2.45) is 0 Å². The van der Waals surface area contributed by atoms with Crippen LogP contribution in [0.3, 0.4) is 0 Å². The number of hydrogen-bond donors (Lipinski definition) is 1. The Bertz CT molecular complexity index is 379. The molecule has 1 rings (SSSR count). The van der Waals surface area contributed by atoms with E-state index >= 15 is 0 Å². The fourth-order valence-electron chi connectivity index (χ4n) is 0.966. The van der Waals surface area contributed by atoms with Gasteiger partial charge in [-0.3, -0.25) is 0 Å². The molecule has 0 saturated carbocycles. The summed E-state index contributed by atoms with van der Waals surface area (Å²) >= 11 is 5.23. The molecule has 0 spiro atoms. The number of aromatic carboxylic acids is 1. The SMILES string of the molecule is O=C(O)c1ccc(Cl)c(F)c1C(F)F. The summed E-state index contributed by atoms with van der Waals surface area (Å²) < 4.78 is 37.5. The Morgan fingerprint density at radius 1 is 1.43 bits per heavy atom. The van der Waals surface area contributed by atoms with Gasteiger partial charge in [-0.2, -0.15) is 0 Å². The molecule has 76 valence electrons. The van der Waals surface area contributed by atoms with Crippen LogP contribution in [0.15, 0.2) is 12.1 Å². The summed E-state index contributed by atoms with van der Waals surface area (Å²) in [5, 5.41) is 7.96. The minimum absolute atomic E-state index is 0.523. The van der Waals surface area contributed by atoms with Gasteiger partial charge in [-0.1, -0.05) is 11.6 Å². The zero-order valence-electron chi connectivity index (χ0n) is 6.60. The van der Waals surface area contributed by atoms with Crippen molar-refractivity contribution < 1.29 is 23.1 Å². The lowest BCUT2D eigenvalue weighted by molar-refractivity contribution is 0.0682. The summed E-state index contributed by atoms with van der Waals surface area (Å²) in [6, 6.07) is 1.77. The van der Waals surface area contributed by atoms with E-state index in [4.69, 9.17) is 16.7 Å².